The predicted octanol–water partition coefficient (Wildman–Crippen LogP) is 4.69. The quantitative estimate of drug-likeness (QED) is 0.286. The van der Waals surface area contributed by atoms with Crippen molar-refractivity contribution in [2.24, 2.45) is 0 Å². The first kappa shape index (κ1) is 23.7. The summed E-state index contributed by atoms with van der Waals surface area (Å²) in [5.74, 6) is 1.77. The van der Waals surface area contributed by atoms with E-state index < -0.39 is 10.0 Å². The fraction of sp³-hybridized carbons (Fsp3) is 0.192. The number of sulfonamides is 1. The van der Waals surface area contributed by atoms with E-state index in [1.807, 2.05) is 55.5 Å². The summed E-state index contributed by atoms with van der Waals surface area (Å²) in [5, 5.41) is 6.42. The standard InChI is InChI=1S/C26H26N6O3S/c1-18-16-25(29-19-7-11-23(12-8-19)35-17-22-4-2-3-15-27-22)31-26(28-18)30-20-9-13-24(14-10-20)36(33,34)32-21-5-6-21/h2-4,7-16,21,32H,5-6,17H2,1H3,(H2,28,29,30,31). The largest absolute Gasteiger partial charge is 0.487 e. The van der Waals surface area contributed by atoms with E-state index in [1.165, 1.54) is 0 Å². The highest BCUT2D eigenvalue weighted by Gasteiger charge is 2.27. The van der Waals surface area contributed by atoms with Crippen LogP contribution < -0.4 is 20.1 Å². The van der Waals surface area contributed by atoms with Crippen LogP contribution in [-0.4, -0.2) is 29.4 Å². The van der Waals surface area contributed by atoms with Crippen molar-refractivity contribution in [3.8, 4) is 5.75 Å². The molecule has 9 nitrogen and oxygen atoms in total. The molecule has 36 heavy (non-hydrogen) atoms. The van der Waals surface area contributed by atoms with Gasteiger partial charge in [0.15, 0.2) is 0 Å². The lowest BCUT2D eigenvalue weighted by Gasteiger charge is -2.11. The molecule has 1 aliphatic carbocycles. The van der Waals surface area contributed by atoms with Gasteiger partial charge in [-0.1, -0.05) is 6.07 Å². The number of hydrogen-bond acceptors (Lipinski definition) is 8. The van der Waals surface area contributed by atoms with E-state index >= 15 is 0 Å². The topological polar surface area (TPSA) is 118 Å². The second-order valence-corrected chi connectivity index (χ2v) is 10.2. The van der Waals surface area contributed by atoms with Crippen LogP contribution >= 0.6 is 0 Å². The second-order valence-electron chi connectivity index (χ2n) is 8.52. The molecule has 0 atom stereocenters. The zero-order chi connectivity index (χ0) is 25.0. The van der Waals surface area contributed by atoms with E-state index in [4.69, 9.17) is 4.74 Å². The monoisotopic (exact) mass is 502 g/mol. The van der Waals surface area contributed by atoms with Crippen LogP contribution in [0.15, 0.2) is 83.9 Å². The van der Waals surface area contributed by atoms with Crippen LogP contribution in [0.2, 0.25) is 0 Å². The highest BCUT2D eigenvalue weighted by molar-refractivity contribution is 7.89. The van der Waals surface area contributed by atoms with Gasteiger partial charge in [0.2, 0.25) is 16.0 Å². The van der Waals surface area contributed by atoms with Crippen LogP contribution in [0, 0.1) is 6.92 Å². The minimum atomic E-state index is -3.49. The smallest absolute Gasteiger partial charge is 0.240 e. The number of nitrogens with zero attached hydrogens (tertiary/aromatic N) is 3. The average molecular weight is 503 g/mol. The van der Waals surface area contributed by atoms with Gasteiger partial charge in [-0.15, -0.1) is 0 Å². The van der Waals surface area contributed by atoms with E-state index in [9.17, 15) is 8.42 Å². The van der Waals surface area contributed by atoms with Crippen LogP contribution in [0.1, 0.15) is 24.2 Å². The van der Waals surface area contributed by atoms with Crippen molar-refractivity contribution in [3.05, 3.63) is 90.4 Å². The zero-order valence-electron chi connectivity index (χ0n) is 19.7. The average Bonchev–Trinajstić information content (AvgIpc) is 3.68. The summed E-state index contributed by atoms with van der Waals surface area (Å²) in [7, 11) is -3.49. The molecule has 5 rings (SSSR count). The fourth-order valence-corrected chi connectivity index (χ4v) is 4.75. The van der Waals surface area contributed by atoms with Gasteiger partial charge in [-0.05, 0) is 80.4 Å². The summed E-state index contributed by atoms with van der Waals surface area (Å²) in [6.45, 7) is 2.28. The highest BCUT2D eigenvalue weighted by atomic mass is 32.2. The summed E-state index contributed by atoms with van der Waals surface area (Å²) < 4.78 is 33.2. The molecule has 4 aromatic rings. The number of rotatable bonds is 10. The van der Waals surface area contributed by atoms with Crippen molar-refractivity contribution in [2.75, 3.05) is 10.6 Å². The minimum Gasteiger partial charge on any atom is -0.487 e. The zero-order valence-corrected chi connectivity index (χ0v) is 20.5. The van der Waals surface area contributed by atoms with Crippen molar-refractivity contribution >= 4 is 33.2 Å². The van der Waals surface area contributed by atoms with Crippen LogP contribution in [-0.2, 0) is 16.6 Å². The van der Waals surface area contributed by atoms with E-state index in [1.54, 1.807) is 30.5 Å². The number of hydrogen-bond donors (Lipinski definition) is 3. The summed E-state index contributed by atoms with van der Waals surface area (Å²) in [4.78, 5) is 13.5. The van der Waals surface area contributed by atoms with Gasteiger partial charge in [0.25, 0.3) is 0 Å². The summed E-state index contributed by atoms with van der Waals surface area (Å²) in [6, 6.07) is 21.7. The van der Waals surface area contributed by atoms with Crippen LogP contribution in [0.4, 0.5) is 23.1 Å². The summed E-state index contributed by atoms with van der Waals surface area (Å²) in [5.41, 5.74) is 3.17. The minimum absolute atomic E-state index is 0.0646. The van der Waals surface area contributed by atoms with Crippen molar-refractivity contribution in [1.82, 2.24) is 19.7 Å². The number of anilines is 4. The van der Waals surface area contributed by atoms with Gasteiger partial charge in [0.1, 0.15) is 18.2 Å². The van der Waals surface area contributed by atoms with Gasteiger partial charge in [0, 0.05) is 35.4 Å². The van der Waals surface area contributed by atoms with Gasteiger partial charge in [-0.3, -0.25) is 4.98 Å². The molecular formula is C26H26N6O3S. The SMILES string of the molecule is Cc1cc(Nc2ccc(OCc3ccccn3)cc2)nc(Nc2ccc(S(=O)(=O)NC3CC3)cc2)n1. The van der Waals surface area contributed by atoms with Crippen LogP contribution in [0.3, 0.4) is 0 Å². The first-order valence-corrected chi connectivity index (χ1v) is 13.1. The van der Waals surface area contributed by atoms with Crippen LogP contribution in [0.25, 0.3) is 0 Å². The first-order chi connectivity index (χ1) is 17.4. The Bertz CT molecular complexity index is 1430. The van der Waals surface area contributed by atoms with Gasteiger partial charge in [-0.25, -0.2) is 18.1 Å². The number of pyridine rings is 1. The fourth-order valence-electron chi connectivity index (χ4n) is 3.45. The van der Waals surface area contributed by atoms with Gasteiger partial charge in [-0.2, -0.15) is 4.98 Å². The molecule has 3 N–H and O–H groups in total. The number of nitrogens with one attached hydrogen (secondary N) is 3. The molecular weight excluding hydrogens is 476 g/mol. The Morgan fingerprint density at radius 1 is 0.917 bits per heavy atom. The summed E-state index contributed by atoms with van der Waals surface area (Å²) in [6.07, 6.45) is 3.53. The van der Waals surface area contributed by atoms with Gasteiger partial charge < -0.3 is 15.4 Å². The molecule has 0 spiro atoms. The molecule has 0 bridgehead atoms. The Kier molecular flexibility index (Phi) is 6.79. The molecule has 2 aromatic carbocycles. The number of benzene rings is 2. The summed E-state index contributed by atoms with van der Waals surface area (Å²) >= 11 is 0. The Hall–Kier alpha value is -4.02. The normalized spacial score (nSPS) is 13.2. The lowest BCUT2D eigenvalue weighted by Crippen LogP contribution is -2.25. The van der Waals surface area contributed by atoms with Crippen molar-refractivity contribution in [1.29, 1.82) is 0 Å². The van der Waals surface area contributed by atoms with E-state index in [-0.39, 0.29) is 10.9 Å². The van der Waals surface area contributed by atoms with E-state index in [0.29, 0.717) is 24.1 Å². The van der Waals surface area contributed by atoms with Gasteiger partial charge in [0.05, 0.1) is 10.6 Å². The Labute approximate surface area is 210 Å². The molecule has 1 aliphatic rings. The first-order valence-electron chi connectivity index (χ1n) is 11.6. The maximum absolute atomic E-state index is 12.4. The molecule has 0 saturated heterocycles. The Morgan fingerprint density at radius 3 is 2.33 bits per heavy atom. The maximum atomic E-state index is 12.4. The van der Waals surface area contributed by atoms with Crippen molar-refractivity contribution < 1.29 is 13.2 Å². The number of aryl methyl sites for hydroxylation is 1. The molecule has 0 radical (unpaired) electrons. The highest BCUT2D eigenvalue weighted by Crippen LogP contribution is 2.24. The second kappa shape index (κ2) is 10.3. The molecule has 1 fully saturated rings. The molecule has 1 saturated carbocycles. The third-order valence-electron chi connectivity index (χ3n) is 5.41. The molecule has 184 valence electrons. The Morgan fingerprint density at radius 2 is 1.64 bits per heavy atom. The predicted molar refractivity (Wildman–Crippen MR) is 138 cm³/mol. The molecule has 2 aromatic heterocycles. The lowest BCUT2D eigenvalue weighted by molar-refractivity contribution is 0.301. The molecule has 0 aliphatic heterocycles. The van der Waals surface area contributed by atoms with Crippen molar-refractivity contribution in [3.63, 3.8) is 0 Å². The third kappa shape index (κ3) is 6.35. The number of aromatic nitrogens is 3. The Balaban J connectivity index is 1.21. The molecule has 10 heteroatoms. The molecule has 2 heterocycles. The van der Waals surface area contributed by atoms with Gasteiger partial charge >= 0.3 is 0 Å². The molecule has 0 amide bonds. The molecule has 0 unspecified atom stereocenters. The maximum Gasteiger partial charge on any atom is 0.240 e. The number of ether oxygens (including phenoxy) is 1. The van der Waals surface area contributed by atoms with E-state index in [0.717, 1.165) is 35.7 Å². The van der Waals surface area contributed by atoms with Crippen LogP contribution in [0.5, 0.6) is 5.75 Å². The third-order valence-corrected chi connectivity index (χ3v) is 6.95. The van der Waals surface area contributed by atoms with Crippen molar-refractivity contribution in [2.45, 2.75) is 37.3 Å². The lowest BCUT2D eigenvalue weighted by atomic mass is 10.3. The van der Waals surface area contributed by atoms with E-state index in [2.05, 4.69) is 30.3 Å².